The van der Waals surface area contributed by atoms with Crippen molar-refractivity contribution in [3.63, 3.8) is 0 Å². The van der Waals surface area contributed by atoms with E-state index in [-0.39, 0.29) is 6.79 Å². The number of nitrogens with zero attached hydrogens (tertiary/aromatic N) is 3. The molecule has 2 heterocycles. The molecule has 4 aromatic rings. The lowest BCUT2D eigenvalue weighted by Crippen LogP contribution is -2.18. The number of fused-ring (bicyclic) bond motifs is 2. The fraction of sp³-hybridized carbons (Fsp3) is 0.0455. The molecule has 0 radical (unpaired) electrons. The standard InChI is InChI=1S/C22H16N4O2S/c1-2-6-16(7-3-1)24-21(22-25-17-8-4-5-9-20(17)29-22)26-23-13-15-10-11-18-19(12-15)28-14-27-18/h1-13H,14H2,(H,24,26)/b23-13-. The topological polar surface area (TPSA) is 68.1 Å². The Labute approximate surface area is 171 Å². The van der Waals surface area contributed by atoms with E-state index in [1.807, 2.05) is 72.8 Å². The summed E-state index contributed by atoms with van der Waals surface area (Å²) in [5, 5.41) is 5.15. The Hall–Kier alpha value is -3.71. The van der Waals surface area contributed by atoms with Gasteiger partial charge in [0.25, 0.3) is 0 Å². The first-order chi connectivity index (χ1) is 14.3. The third kappa shape index (κ3) is 3.81. The van der Waals surface area contributed by atoms with Crippen molar-refractivity contribution < 1.29 is 9.47 Å². The lowest BCUT2D eigenvalue weighted by molar-refractivity contribution is 0.174. The Morgan fingerprint density at radius 3 is 2.69 bits per heavy atom. The maximum absolute atomic E-state index is 5.41. The van der Waals surface area contributed by atoms with E-state index < -0.39 is 0 Å². The van der Waals surface area contributed by atoms with Gasteiger partial charge in [-0.05, 0) is 48.0 Å². The van der Waals surface area contributed by atoms with Crippen LogP contribution < -0.4 is 14.9 Å². The number of benzene rings is 3. The molecule has 6 nitrogen and oxygen atoms in total. The van der Waals surface area contributed by atoms with Crippen molar-refractivity contribution in [3.8, 4) is 11.5 Å². The van der Waals surface area contributed by atoms with E-state index in [0.29, 0.717) is 5.84 Å². The number of para-hydroxylation sites is 2. The van der Waals surface area contributed by atoms with Crippen LogP contribution in [0.1, 0.15) is 10.6 Å². The van der Waals surface area contributed by atoms with Crippen LogP contribution in [0.5, 0.6) is 11.5 Å². The predicted molar refractivity (Wildman–Crippen MR) is 116 cm³/mol. The van der Waals surface area contributed by atoms with Crippen molar-refractivity contribution in [2.75, 3.05) is 6.79 Å². The number of ether oxygens (including phenoxy) is 2. The molecule has 1 aliphatic heterocycles. The molecule has 1 aromatic heterocycles. The summed E-state index contributed by atoms with van der Waals surface area (Å²) in [6.07, 6.45) is 1.72. The van der Waals surface area contributed by atoms with Crippen LogP contribution in [0.4, 0.5) is 5.69 Å². The SMILES string of the molecule is C(=N/NC(=Nc1ccccc1)c1nc2ccccc2s1)/c1ccc2c(c1)OCO2. The lowest BCUT2D eigenvalue weighted by atomic mass is 10.2. The van der Waals surface area contributed by atoms with E-state index in [4.69, 9.17) is 19.5 Å². The zero-order valence-electron chi connectivity index (χ0n) is 15.3. The van der Waals surface area contributed by atoms with Crippen molar-refractivity contribution in [2.45, 2.75) is 0 Å². The van der Waals surface area contributed by atoms with Crippen molar-refractivity contribution >= 4 is 39.3 Å². The fourth-order valence-electron chi connectivity index (χ4n) is 2.89. The van der Waals surface area contributed by atoms with Crippen LogP contribution in [-0.2, 0) is 0 Å². The highest BCUT2D eigenvalue weighted by atomic mass is 32.1. The number of hydrogen-bond donors (Lipinski definition) is 1. The minimum absolute atomic E-state index is 0.250. The molecule has 7 heteroatoms. The van der Waals surface area contributed by atoms with Gasteiger partial charge in [-0.2, -0.15) is 5.10 Å². The van der Waals surface area contributed by atoms with Crippen molar-refractivity contribution in [2.24, 2.45) is 10.1 Å². The number of thiazole rings is 1. The third-order valence-corrected chi connectivity index (χ3v) is 5.32. The second kappa shape index (κ2) is 7.73. The third-order valence-electron chi connectivity index (χ3n) is 4.27. The summed E-state index contributed by atoms with van der Waals surface area (Å²) in [6.45, 7) is 0.250. The summed E-state index contributed by atoms with van der Waals surface area (Å²) in [5.41, 5.74) is 5.72. The smallest absolute Gasteiger partial charge is 0.231 e. The van der Waals surface area contributed by atoms with Crippen molar-refractivity contribution in [1.82, 2.24) is 10.4 Å². The highest BCUT2D eigenvalue weighted by molar-refractivity contribution is 7.20. The lowest BCUT2D eigenvalue weighted by Gasteiger charge is -2.03. The molecule has 0 unspecified atom stereocenters. The highest BCUT2D eigenvalue weighted by Crippen LogP contribution is 2.32. The number of hydrogen-bond acceptors (Lipinski definition) is 6. The molecule has 0 atom stereocenters. The molecule has 0 spiro atoms. The fourth-order valence-corrected chi connectivity index (χ4v) is 3.79. The van der Waals surface area contributed by atoms with E-state index in [9.17, 15) is 0 Å². The van der Waals surface area contributed by atoms with Gasteiger partial charge >= 0.3 is 0 Å². The number of rotatable bonds is 4. The number of aliphatic imine (C=N–C) groups is 1. The maximum atomic E-state index is 5.41. The van der Waals surface area contributed by atoms with Crippen LogP contribution in [0, 0.1) is 0 Å². The summed E-state index contributed by atoms with van der Waals surface area (Å²) in [5.74, 6) is 2.06. The molecule has 1 aliphatic rings. The molecular weight excluding hydrogens is 384 g/mol. The van der Waals surface area contributed by atoms with E-state index >= 15 is 0 Å². The Kier molecular flexibility index (Phi) is 4.63. The Morgan fingerprint density at radius 2 is 1.79 bits per heavy atom. The minimum Gasteiger partial charge on any atom is -0.454 e. The van der Waals surface area contributed by atoms with Gasteiger partial charge in [-0.15, -0.1) is 11.3 Å². The van der Waals surface area contributed by atoms with E-state index in [1.54, 1.807) is 17.6 Å². The van der Waals surface area contributed by atoms with E-state index in [0.717, 1.165) is 38.0 Å². The van der Waals surface area contributed by atoms with Gasteiger partial charge < -0.3 is 9.47 Å². The Bertz CT molecular complexity index is 1180. The summed E-state index contributed by atoms with van der Waals surface area (Å²) in [4.78, 5) is 9.41. The molecule has 29 heavy (non-hydrogen) atoms. The quantitative estimate of drug-likeness (QED) is 0.306. The number of aromatic nitrogens is 1. The Morgan fingerprint density at radius 1 is 0.966 bits per heavy atom. The van der Waals surface area contributed by atoms with Gasteiger partial charge in [-0.25, -0.2) is 9.98 Å². The minimum atomic E-state index is 0.250. The van der Waals surface area contributed by atoms with Gasteiger partial charge in [0.2, 0.25) is 6.79 Å². The molecular formula is C22H16N4O2S. The first kappa shape index (κ1) is 17.4. The maximum Gasteiger partial charge on any atom is 0.231 e. The van der Waals surface area contributed by atoms with Crippen molar-refractivity contribution in [1.29, 1.82) is 0 Å². The van der Waals surface area contributed by atoms with Gasteiger partial charge in [0, 0.05) is 0 Å². The zero-order chi connectivity index (χ0) is 19.5. The van der Waals surface area contributed by atoms with Crippen LogP contribution in [0.2, 0.25) is 0 Å². The molecule has 3 aromatic carbocycles. The molecule has 0 bridgehead atoms. The second-order valence-corrected chi connectivity index (χ2v) is 7.30. The average molecular weight is 400 g/mol. The van der Waals surface area contributed by atoms with Gasteiger partial charge in [-0.1, -0.05) is 30.3 Å². The molecule has 0 fully saturated rings. The van der Waals surface area contributed by atoms with Crippen LogP contribution in [0.3, 0.4) is 0 Å². The molecule has 0 aliphatic carbocycles. The summed E-state index contributed by atoms with van der Waals surface area (Å²) in [7, 11) is 0. The number of amidine groups is 1. The molecule has 0 amide bonds. The summed E-state index contributed by atoms with van der Waals surface area (Å²) >= 11 is 1.57. The second-order valence-electron chi connectivity index (χ2n) is 6.27. The van der Waals surface area contributed by atoms with Crippen LogP contribution in [-0.4, -0.2) is 23.8 Å². The zero-order valence-corrected chi connectivity index (χ0v) is 16.1. The average Bonchev–Trinajstić information content (AvgIpc) is 3.40. The first-order valence-corrected chi connectivity index (χ1v) is 9.85. The predicted octanol–water partition coefficient (Wildman–Crippen LogP) is 4.73. The number of hydrazone groups is 1. The summed E-state index contributed by atoms with van der Waals surface area (Å²) < 4.78 is 11.9. The monoisotopic (exact) mass is 400 g/mol. The first-order valence-electron chi connectivity index (χ1n) is 9.03. The van der Waals surface area contributed by atoms with Crippen LogP contribution >= 0.6 is 11.3 Å². The molecule has 142 valence electrons. The van der Waals surface area contributed by atoms with Crippen molar-refractivity contribution in [3.05, 3.63) is 83.4 Å². The van der Waals surface area contributed by atoms with E-state index in [1.165, 1.54) is 0 Å². The van der Waals surface area contributed by atoms with Gasteiger partial charge in [0.15, 0.2) is 22.3 Å². The Balaban J connectivity index is 1.45. The normalized spacial score (nSPS) is 13.3. The van der Waals surface area contributed by atoms with Gasteiger partial charge in [0.1, 0.15) is 0 Å². The summed E-state index contributed by atoms with van der Waals surface area (Å²) in [6, 6.07) is 23.4. The number of nitrogens with one attached hydrogen (secondary N) is 1. The highest BCUT2D eigenvalue weighted by Gasteiger charge is 2.13. The molecule has 0 saturated heterocycles. The largest absolute Gasteiger partial charge is 0.454 e. The van der Waals surface area contributed by atoms with Gasteiger partial charge in [0.05, 0.1) is 22.1 Å². The molecule has 0 saturated carbocycles. The van der Waals surface area contributed by atoms with Crippen LogP contribution in [0.25, 0.3) is 10.2 Å². The van der Waals surface area contributed by atoms with Crippen LogP contribution in [0.15, 0.2) is 82.9 Å². The molecule has 5 rings (SSSR count). The molecule has 1 N–H and O–H groups in total. The van der Waals surface area contributed by atoms with Gasteiger partial charge in [-0.3, -0.25) is 5.43 Å². The van der Waals surface area contributed by atoms with E-state index in [2.05, 4.69) is 10.5 Å².